The van der Waals surface area contributed by atoms with Gasteiger partial charge >= 0.3 is 5.97 Å². The van der Waals surface area contributed by atoms with Gasteiger partial charge in [-0.1, -0.05) is 0 Å². The molecule has 1 rings (SSSR count). The lowest BCUT2D eigenvalue weighted by molar-refractivity contribution is -0.140. The number of aliphatic carboxylic acids is 1. The minimum atomic E-state index is -0.932. The van der Waals surface area contributed by atoms with Crippen LogP contribution in [0.3, 0.4) is 0 Å². The molecule has 0 aromatic carbocycles. The zero-order valence-corrected chi connectivity index (χ0v) is 7.90. The summed E-state index contributed by atoms with van der Waals surface area (Å²) in [7, 11) is 1.46. The lowest BCUT2D eigenvalue weighted by atomic mass is 10.3. The van der Waals surface area contributed by atoms with E-state index in [4.69, 9.17) is 14.3 Å². The van der Waals surface area contributed by atoms with Crippen molar-refractivity contribution in [2.24, 2.45) is 0 Å². The van der Waals surface area contributed by atoms with E-state index in [-0.39, 0.29) is 6.61 Å². The highest BCUT2D eigenvalue weighted by molar-refractivity contribution is 5.73. The highest BCUT2D eigenvalue weighted by atomic mass is 16.5. The molecule has 2 N–H and O–H groups in total. The van der Waals surface area contributed by atoms with Crippen molar-refractivity contribution >= 4 is 5.97 Å². The summed E-state index contributed by atoms with van der Waals surface area (Å²) in [4.78, 5) is 10.7. The van der Waals surface area contributed by atoms with Gasteiger partial charge in [0.05, 0.1) is 19.4 Å². The Labute approximate surface area is 81.7 Å². The number of ether oxygens (including phenoxy) is 1. The van der Waals surface area contributed by atoms with Crippen molar-refractivity contribution in [3.05, 3.63) is 24.2 Å². The van der Waals surface area contributed by atoms with E-state index in [2.05, 4.69) is 5.32 Å². The molecule has 5 heteroatoms. The van der Waals surface area contributed by atoms with E-state index < -0.39 is 12.0 Å². The highest BCUT2D eigenvalue weighted by Crippen LogP contribution is 1.99. The average Bonchev–Trinajstić information content (AvgIpc) is 2.64. The maximum Gasteiger partial charge on any atom is 0.323 e. The van der Waals surface area contributed by atoms with Gasteiger partial charge in [-0.05, 0) is 12.1 Å². The molecule has 0 fully saturated rings. The van der Waals surface area contributed by atoms with Crippen LogP contribution in [-0.2, 0) is 16.1 Å². The predicted octanol–water partition coefficient (Wildman–Crippen LogP) is 0.469. The van der Waals surface area contributed by atoms with Gasteiger partial charge < -0.3 is 14.3 Å². The summed E-state index contributed by atoms with van der Waals surface area (Å²) in [5.74, 6) is -0.231. The zero-order valence-electron chi connectivity index (χ0n) is 7.90. The molecule has 1 unspecified atom stereocenters. The molecule has 0 amide bonds. The van der Waals surface area contributed by atoms with Crippen LogP contribution >= 0.6 is 0 Å². The number of methoxy groups -OCH3 is 1. The fraction of sp³-hybridized carbons (Fsp3) is 0.444. The van der Waals surface area contributed by atoms with Gasteiger partial charge in [0.25, 0.3) is 0 Å². The first kappa shape index (κ1) is 10.7. The first-order valence-electron chi connectivity index (χ1n) is 4.21. The molecule has 0 saturated carbocycles. The number of carboxylic acid groups (broad SMARTS) is 1. The number of carboxylic acids is 1. The maximum absolute atomic E-state index is 10.7. The van der Waals surface area contributed by atoms with E-state index in [9.17, 15) is 4.79 Å². The van der Waals surface area contributed by atoms with Gasteiger partial charge in [0, 0.05) is 7.11 Å². The van der Waals surface area contributed by atoms with Gasteiger partial charge in [-0.15, -0.1) is 0 Å². The summed E-state index contributed by atoms with van der Waals surface area (Å²) >= 11 is 0. The fourth-order valence-corrected chi connectivity index (χ4v) is 1.02. The number of hydrogen-bond acceptors (Lipinski definition) is 4. The van der Waals surface area contributed by atoms with Crippen molar-refractivity contribution in [2.45, 2.75) is 12.6 Å². The van der Waals surface area contributed by atoms with E-state index in [0.717, 1.165) is 0 Å². The Morgan fingerprint density at radius 1 is 1.79 bits per heavy atom. The largest absolute Gasteiger partial charge is 0.480 e. The molecule has 1 aromatic rings. The van der Waals surface area contributed by atoms with Crippen LogP contribution in [0.2, 0.25) is 0 Å². The Morgan fingerprint density at radius 2 is 2.57 bits per heavy atom. The van der Waals surface area contributed by atoms with E-state index in [1.54, 1.807) is 18.4 Å². The van der Waals surface area contributed by atoms with Crippen LogP contribution in [0, 0.1) is 0 Å². The normalized spacial score (nSPS) is 12.6. The topological polar surface area (TPSA) is 71.7 Å². The van der Waals surface area contributed by atoms with Crippen LogP contribution in [0.15, 0.2) is 22.8 Å². The van der Waals surface area contributed by atoms with Crippen LogP contribution < -0.4 is 5.32 Å². The molecule has 14 heavy (non-hydrogen) atoms. The molecule has 0 aliphatic carbocycles. The van der Waals surface area contributed by atoms with Crippen LogP contribution in [-0.4, -0.2) is 30.8 Å². The lowest BCUT2D eigenvalue weighted by Gasteiger charge is -2.11. The van der Waals surface area contributed by atoms with E-state index in [1.165, 1.54) is 7.11 Å². The van der Waals surface area contributed by atoms with Gasteiger partial charge in [0.2, 0.25) is 0 Å². The summed E-state index contributed by atoms with van der Waals surface area (Å²) < 4.78 is 9.81. The van der Waals surface area contributed by atoms with Crippen molar-refractivity contribution < 1.29 is 19.1 Å². The average molecular weight is 199 g/mol. The molecule has 0 aliphatic rings. The monoisotopic (exact) mass is 199 g/mol. The maximum atomic E-state index is 10.7. The SMILES string of the molecule is COCC(NCc1ccco1)C(=O)O. The predicted molar refractivity (Wildman–Crippen MR) is 48.8 cm³/mol. The van der Waals surface area contributed by atoms with Crippen molar-refractivity contribution in [2.75, 3.05) is 13.7 Å². The zero-order chi connectivity index (χ0) is 10.4. The van der Waals surface area contributed by atoms with Crippen molar-refractivity contribution in [3.8, 4) is 0 Å². The molecular formula is C9H13NO4. The quantitative estimate of drug-likeness (QED) is 0.696. The molecule has 1 heterocycles. The number of hydrogen-bond donors (Lipinski definition) is 2. The second-order valence-corrected chi connectivity index (χ2v) is 2.81. The van der Waals surface area contributed by atoms with Crippen molar-refractivity contribution in [3.63, 3.8) is 0 Å². The van der Waals surface area contributed by atoms with Crippen LogP contribution in [0.4, 0.5) is 0 Å². The summed E-state index contributed by atoms with van der Waals surface area (Å²) in [6.07, 6.45) is 1.54. The van der Waals surface area contributed by atoms with Crippen molar-refractivity contribution in [1.29, 1.82) is 0 Å². The molecule has 0 aliphatic heterocycles. The second kappa shape index (κ2) is 5.41. The molecule has 78 valence electrons. The number of carbonyl (C=O) groups is 1. The third-order valence-electron chi connectivity index (χ3n) is 1.73. The van der Waals surface area contributed by atoms with Gasteiger partial charge in [0.1, 0.15) is 11.8 Å². The molecular weight excluding hydrogens is 186 g/mol. The smallest absolute Gasteiger partial charge is 0.323 e. The standard InChI is InChI=1S/C9H13NO4/c1-13-6-8(9(11)12)10-5-7-3-2-4-14-7/h2-4,8,10H,5-6H2,1H3,(H,11,12). The third-order valence-corrected chi connectivity index (χ3v) is 1.73. The van der Waals surface area contributed by atoms with Gasteiger partial charge in [-0.25, -0.2) is 0 Å². The van der Waals surface area contributed by atoms with Gasteiger partial charge in [0.15, 0.2) is 0 Å². The van der Waals surface area contributed by atoms with E-state index in [1.807, 2.05) is 0 Å². The molecule has 5 nitrogen and oxygen atoms in total. The highest BCUT2D eigenvalue weighted by Gasteiger charge is 2.16. The van der Waals surface area contributed by atoms with E-state index in [0.29, 0.717) is 12.3 Å². The summed E-state index contributed by atoms with van der Waals surface area (Å²) in [5.41, 5.74) is 0. The summed E-state index contributed by atoms with van der Waals surface area (Å²) in [6.45, 7) is 0.517. The van der Waals surface area contributed by atoms with Crippen LogP contribution in [0.5, 0.6) is 0 Å². The van der Waals surface area contributed by atoms with Gasteiger partial charge in [-0.3, -0.25) is 10.1 Å². The van der Waals surface area contributed by atoms with Gasteiger partial charge in [-0.2, -0.15) is 0 Å². The summed E-state index contributed by atoms with van der Waals surface area (Å²) in [6, 6.07) is 2.83. The fourth-order valence-electron chi connectivity index (χ4n) is 1.02. The Morgan fingerprint density at radius 3 is 3.07 bits per heavy atom. The molecule has 0 saturated heterocycles. The van der Waals surface area contributed by atoms with Crippen LogP contribution in [0.25, 0.3) is 0 Å². The molecule has 1 aromatic heterocycles. The number of rotatable bonds is 6. The van der Waals surface area contributed by atoms with Crippen LogP contribution in [0.1, 0.15) is 5.76 Å². The Balaban J connectivity index is 2.37. The second-order valence-electron chi connectivity index (χ2n) is 2.81. The Hall–Kier alpha value is -1.33. The molecule has 0 bridgehead atoms. The van der Waals surface area contributed by atoms with Crippen molar-refractivity contribution in [1.82, 2.24) is 5.32 Å². The minimum absolute atomic E-state index is 0.135. The minimum Gasteiger partial charge on any atom is -0.480 e. The third kappa shape index (κ3) is 3.20. The van der Waals surface area contributed by atoms with E-state index >= 15 is 0 Å². The first-order valence-corrected chi connectivity index (χ1v) is 4.21. The number of nitrogens with one attached hydrogen (secondary N) is 1. The summed E-state index contributed by atoms with van der Waals surface area (Å²) in [5, 5.41) is 11.6. The lowest BCUT2D eigenvalue weighted by Crippen LogP contribution is -2.39. The molecule has 0 radical (unpaired) electrons. The Bertz CT molecular complexity index is 270. The Kier molecular flexibility index (Phi) is 4.15. The molecule has 0 spiro atoms. The number of furan rings is 1. The molecule has 1 atom stereocenters. The first-order chi connectivity index (χ1) is 6.74.